The van der Waals surface area contributed by atoms with E-state index >= 15 is 0 Å². The Labute approximate surface area is 211 Å². The monoisotopic (exact) mass is 483 g/mol. The molecule has 1 amide bonds. The van der Waals surface area contributed by atoms with Crippen molar-refractivity contribution in [2.75, 3.05) is 18.9 Å². The summed E-state index contributed by atoms with van der Waals surface area (Å²) in [4.78, 5) is 19.5. The maximum atomic E-state index is 12.3. The van der Waals surface area contributed by atoms with Crippen LogP contribution in [0, 0.1) is 28.6 Å². The Morgan fingerprint density at radius 1 is 1.09 bits per heavy atom. The van der Waals surface area contributed by atoms with Gasteiger partial charge in [0.1, 0.15) is 0 Å². The largest absolute Gasteiger partial charge is 0.362 e. The fraction of sp³-hybridized carbons (Fsp3) is 0.793. The number of rotatable bonds is 8. The second-order valence-electron chi connectivity index (χ2n) is 12.2. The Morgan fingerprint density at radius 2 is 1.91 bits per heavy atom. The number of nitrogens with one attached hydrogen (secondary N) is 1. The molecule has 0 aromatic carbocycles. The van der Waals surface area contributed by atoms with Crippen molar-refractivity contribution in [1.82, 2.24) is 9.88 Å². The van der Waals surface area contributed by atoms with Crippen LogP contribution in [0.15, 0.2) is 17.5 Å². The van der Waals surface area contributed by atoms with Crippen LogP contribution in [0.3, 0.4) is 0 Å². The van der Waals surface area contributed by atoms with E-state index in [-0.39, 0.29) is 11.3 Å². The van der Waals surface area contributed by atoms with Gasteiger partial charge in [-0.25, -0.2) is 4.98 Å². The van der Waals surface area contributed by atoms with Crippen molar-refractivity contribution in [1.29, 1.82) is 0 Å². The minimum Gasteiger partial charge on any atom is -0.362 e. The van der Waals surface area contributed by atoms with Crippen LogP contribution in [0.25, 0.3) is 0 Å². The molecule has 0 spiro atoms. The lowest BCUT2D eigenvalue weighted by molar-refractivity contribution is -0.138. The van der Waals surface area contributed by atoms with Gasteiger partial charge < -0.3 is 10.2 Å². The summed E-state index contributed by atoms with van der Waals surface area (Å²) in [7, 11) is 2.02. The number of fused-ring (bicyclic) bond motifs is 5. The van der Waals surface area contributed by atoms with Crippen molar-refractivity contribution < 1.29 is 4.79 Å². The van der Waals surface area contributed by atoms with E-state index in [2.05, 4.69) is 37.5 Å². The molecular formula is C29H45N3OS. The lowest BCUT2D eigenvalue weighted by Gasteiger charge is -2.60. The summed E-state index contributed by atoms with van der Waals surface area (Å²) < 4.78 is 0. The molecule has 1 aromatic rings. The zero-order valence-corrected chi connectivity index (χ0v) is 22.6. The van der Waals surface area contributed by atoms with Gasteiger partial charge in [-0.15, -0.1) is 11.3 Å². The number of nitrogens with zero attached hydrogens (tertiary/aromatic N) is 2. The van der Waals surface area contributed by atoms with Gasteiger partial charge >= 0.3 is 0 Å². The average molecular weight is 484 g/mol. The fourth-order valence-electron chi connectivity index (χ4n) is 8.68. The Morgan fingerprint density at radius 3 is 2.74 bits per heavy atom. The molecule has 1 aliphatic heterocycles. The zero-order valence-electron chi connectivity index (χ0n) is 21.8. The van der Waals surface area contributed by atoms with Gasteiger partial charge in [0.15, 0.2) is 5.13 Å². The molecule has 0 unspecified atom stereocenters. The number of hydrogen-bond acceptors (Lipinski definition) is 4. The van der Waals surface area contributed by atoms with E-state index in [1.807, 2.05) is 29.4 Å². The van der Waals surface area contributed by atoms with Crippen molar-refractivity contribution in [2.24, 2.45) is 28.6 Å². The van der Waals surface area contributed by atoms with E-state index < -0.39 is 0 Å². The quantitative estimate of drug-likeness (QED) is 0.396. The minimum absolute atomic E-state index is 0.139. The number of amides is 1. The van der Waals surface area contributed by atoms with Gasteiger partial charge in [0.25, 0.3) is 0 Å². The van der Waals surface area contributed by atoms with Crippen molar-refractivity contribution in [2.45, 2.75) is 103 Å². The second-order valence-corrected chi connectivity index (χ2v) is 13.1. The number of likely N-dealkylation sites (N-methyl/N-ethyl adjacent to an activating group) is 1. The number of aromatic nitrogens is 1. The van der Waals surface area contributed by atoms with Crippen molar-refractivity contribution in [3.63, 3.8) is 0 Å². The molecule has 188 valence electrons. The molecule has 3 fully saturated rings. The molecule has 0 bridgehead atoms. The predicted molar refractivity (Wildman–Crippen MR) is 142 cm³/mol. The van der Waals surface area contributed by atoms with Gasteiger partial charge in [0, 0.05) is 36.3 Å². The molecule has 5 rings (SSSR count). The first-order valence-electron chi connectivity index (χ1n) is 14.0. The molecule has 4 nitrogen and oxygen atoms in total. The Bertz CT molecular complexity index is 911. The van der Waals surface area contributed by atoms with Crippen LogP contribution in [0.5, 0.6) is 0 Å². The van der Waals surface area contributed by atoms with Gasteiger partial charge in [-0.3, -0.25) is 4.79 Å². The number of thiazole rings is 1. The summed E-state index contributed by atoms with van der Waals surface area (Å²) in [5.74, 6) is 3.08. The molecule has 1 N–H and O–H groups in total. The predicted octanol–water partition coefficient (Wildman–Crippen LogP) is 7.25. The molecule has 4 aliphatic rings. The first kappa shape index (κ1) is 24.3. The van der Waals surface area contributed by atoms with Gasteiger partial charge in [-0.1, -0.05) is 52.5 Å². The van der Waals surface area contributed by atoms with E-state index in [9.17, 15) is 4.79 Å². The SMILES string of the molecule is CCCCCCCNc1nc([C@H]2CC[C@H]3[C@@H]4CC[C@H]5N(C)C(=O)C=C[C@]5(C)[C@H]4CC[C@]23C)cs1. The van der Waals surface area contributed by atoms with E-state index in [0.29, 0.717) is 23.3 Å². The van der Waals surface area contributed by atoms with Crippen molar-refractivity contribution in [3.8, 4) is 0 Å². The molecule has 7 atom stereocenters. The van der Waals surface area contributed by atoms with Crippen LogP contribution >= 0.6 is 11.3 Å². The molecular weight excluding hydrogens is 438 g/mol. The second kappa shape index (κ2) is 9.59. The Kier molecular flexibility index (Phi) is 6.87. The number of anilines is 1. The van der Waals surface area contributed by atoms with Gasteiger partial charge in [0.2, 0.25) is 5.91 Å². The molecule has 3 aliphatic carbocycles. The van der Waals surface area contributed by atoms with Crippen molar-refractivity contribution in [3.05, 3.63) is 23.2 Å². The van der Waals surface area contributed by atoms with E-state index in [0.717, 1.165) is 29.9 Å². The molecule has 3 saturated carbocycles. The van der Waals surface area contributed by atoms with E-state index in [4.69, 9.17) is 4.98 Å². The molecule has 34 heavy (non-hydrogen) atoms. The van der Waals surface area contributed by atoms with Crippen LogP contribution in [-0.2, 0) is 4.79 Å². The molecule has 0 radical (unpaired) electrons. The summed E-state index contributed by atoms with van der Waals surface area (Å²) in [6, 6.07) is 0.377. The lowest BCUT2D eigenvalue weighted by Crippen LogP contribution is -2.59. The third-order valence-electron chi connectivity index (χ3n) is 10.6. The molecule has 0 saturated heterocycles. The summed E-state index contributed by atoms with van der Waals surface area (Å²) >= 11 is 1.81. The standard InChI is InChI=1S/C29H45N3OS/c1-5-6-7-8-9-18-30-27-31-24(19-34-27)23-12-11-21-20-10-13-25-29(3,17-15-26(33)32(25)4)22(20)14-16-28(21,23)2/h15,17,19-23,25H,5-14,16,18H2,1-4H3,(H,30,31)/t20-,21-,22-,23+,25+,28-,29+/m0/s1. The summed E-state index contributed by atoms with van der Waals surface area (Å²) in [6.45, 7) is 8.36. The van der Waals surface area contributed by atoms with Crippen LogP contribution in [0.1, 0.15) is 103 Å². The topological polar surface area (TPSA) is 45.2 Å². The van der Waals surface area contributed by atoms with Gasteiger partial charge in [-0.2, -0.15) is 0 Å². The molecule has 5 heteroatoms. The number of carbonyl (C=O) groups excluding carboxylic acids is 1. The van der Waals surface area contributed by atoms with Crippen LogP contribution in [0.2, 0.25) is 0 Å². The lowest BCUT2D eigenvalue weighted by atomic mass is 9.47. The number of carbonyl (C=O) groups is 1. The van der Waals surface area contributed by atoms with Crippen molar-refractivity contribution >= 4 is 22.4 Å². The van der Waals surface area contributed by atoms with Gasteiger partial charge in [0.05, 0.1) is 5.69 Å². The van der Waals surface area contributed by atoms with Crippen LogP contribution in [-0.4, -0.2) is 35.4 Å². The third-order valence-corrected chi connectivity index (χ3v) is 11.4. The minimum atomic E-state index is 0.139. The summed E-state index contributed by atoms with van der Waals surface area (Å²) in [5, 5.41) is 7.08. The highest BCUT2D eigenvalue weighted by molar-refractivity contribution is 7.13. The Hall–Kier alpha value is -1.36. The smallest absolute Gasteiger partial charge is 0.246 e. The molecule has 2 heterocycles. The molecule has 1 aromatic heterocycles. The zero-order chi connectivity index (χ0) is 23.9. The number of hydrogen-bond donors (Lipinski definition) is 1. The summed E-state index contributed by atoms with van der Waals surface area (Å²) in [6.07, 6.45) is 18.4. The first-order chi connectivity index (χ1) is 16.4. The third kappa shape index (κ3) is 4.04. The summed E-state index contributed by atoms with van der Waals surface area (Å²) in [5.41, 5.74) is 1.86. The normalized spacial score (nSPS) is 39.0. The average Bonchev–Trinajstić information content (AvgIpc) is 3.42. The maximum Gasteiger partial charge on any atom is 0.246 e. The van der Waals surface area contributed by atoms with Crippen LogP contribution < -0.4 is 5.32 Å². The fourth-order valence-corrected chi connectivity index (χ4v) is 9.47. The maximum absolute atomic E-state index is 12.3. The van der Waals surface area contributed by atoms with Crippen LogP contribution in [0.4, 0.5) is 5.13 Å². The van der Waals surface area contributed by atoms with E-state index in [1.54, 1.807) is 0 Å². The van der Waals surface area contributed by atoms with Gasteiger partial charge in [-0.05, 0) is 74.2 Å². The highest BCUT2D eigenvalue weighted by Gasteiger charge is 2.60. The highest BCUT2D eigenvalue weighted by atomic mass is 32.1. The number of unbranched alkanes of at least 4 members (excludes halogenated alkanes) is 4. The first-order valence-corrected chi connectivity index (χ1v) is 14.9. The van der Waals surface area contributed by atoms with E-state index in [1.165, 1.54) is 69.9 Å². The Balaban J connectivity index is 1.26. The highest BCUT2D eigenvalue weighted by Crippen LogP contribution is 2.67.